The van der Waals surface area contributed by atoms with E-state index in [-0.39, 0.29) is 5.91 Å². The number of hydrogen-bond donors (Lipinski definition) is 1. The molecule has 3 aromatic carbocycles. The Labute approximate surface area is 185 Å². The van der Waals surface area contributed by atoms with Crippen LogP contribution in [0.4, 0.5) is 5.69 Å². The van der Waals surface area contributed by atoms with Crippen LogP contribution in [0.5, 0.6) is 5.75 Å². The average molecular weight is 426 g/mol. The number of thioether (sulfide) groups is 1. The van der Waals surface area contributed by atoms with Crippen molar-refractivity contribution >= 4 is 34.6 Å². The molecule has 152 valence electrons. The number of ether oxygens (including phenoxy) is 1. The molecule has 1 aliphatic rings. The minimum atomic E-state index is -0.162. The second kappa shape index (κ2) is 9.33. The van der Waals surface area contributed by atoms with E-state index in [1.807, 2.05) is 79.7 Å². The van der Waals surface area contributed by atoms with Gasteiger partial charge in [0.25, 0.3) is 5.91 Å². The molecule has 0 spiro atoms. The summed E-state index contributed by atoms with van der Waals surface area (Å²) in [5, 5.41) is 12.5. The molecule has 0 aliphatic carbocycles. The number of aliphatic imine (C=N–C) groups is 1. The third-order valence-electron chi connectivity index (χ3n) is 4.59. The summed E-state index contributed by atoms with van der Waals surface area (Å²) in [6.45, 7) is 2.33. The van der Waals surface area contributed by atoms with E-state index in [1.54, 1.807) is 6.07 Å². The van der Waals surface area contributed by atoms with Crippen LogP contribution in [0.25, 0.3) is 6.08 Å². The molecule has 0 saturated carbocycles. The number of amidine groups is 1. The standard InChI is InChI=1S/C25H19N3O2S/c1-17-5-4-8-21(13-17)27-25-28-24(29)23(31-25)14-18-9-11-22(12-10-18)30-16-20-7-3-2-6-19(20)15-26/h2-14H,16H2,1H3,(H,27,28,29)/b23-14+. The average Bonchev–Trinajstić information content (AvgIpc) is 3.12. The van der Waals surface area contributed by atoms with Crippen LogP contribution < -0.4 is 10.1 Å². The van der Waals surface area contributed by atoms with E-state index < -0.39 is 0 Å². The molecule has 31 heavy (non-hydrogen) atoms. The molecular formula is C25H19N3O2S. The monoisotopic (exact) mass is 425 g/mol. The van der Waals surface area contributed by atoms with E-state index in [0.29, 0.717) is 28.0 Å². The van der Waals surface area contributed by atoms with Crippen molar-refractivity contribution in [1.82, 2.24) is 5.32 Å². The number of nitrogens with zero attached hydrogens (tertiary/aromatic N) is 2. The Morgan fingerprint density at radius 1 is 1.10 bits per heavy atom. The van der Waals surface area contributed by atoms with E-state index in [0.717, 1.165) is 22.4 Å². The third-order valence-corrected chi connectivity index (χ3v) is 5.50. The van der Waals surface area contributed by atoms with Crippen LogP contribution in [-0.2, 0) is 11.4 Å². The second-order valence-corrected chi connectivity index (χ2v) is 7.98. The van der Waals surface area contributed by atoms with Crippen molar-refractivity contribution in [3.05, 3.63) is 100.0 Å². The first kappa shape index (κ1) is 20.5. The van der Waals surface area contributed by atoms with Crippen LogP contribution in [0.1, 0.15) is 22.3 Å². The van der Waals surface area contributed by atoms with Crippen LogP contribution in [0.3, 0.4) is 0 Å². The van der Waals surface area contributed by atoms with Crippen molar-refractivity contribution in [2.75, 3.05) is 0 Å². The minimum absolute atomic E-state index is 0.162. The molecule has 0 radical (unpaired) electrons. The maximum atomic E-state index is 12.3. The number of nitriles is 1. The van der Waals surface area contributed by atoms with Gasteiger partial charge in [0.15, 0.2) is 5.17 Å². The maximum Gasteiger partial charge on any atom is 0.264 e. The molecule has 6 heteroatoms. The summed E-state index contributed by atoms with van der Waals surface area (Å²) in [7, 11) is 0. The minimum Gasteiger partial charge on any atom is -0.489 e. The number of rotatable bonds is 5. The molecule has 0 aromatic heterocycles. The smallest absolute Gasteiger partial charge is 0.264 e. The lowest BCUT2D eigenvalue weighted by molar-refractivity contribution is -0.115. The summed E-state index contributed by atoms with van der Waals surface area (Å²) < 4.78 is 5.80. The van der Waals surface area contributed by atoms with E-state index in [2.05, 4.69) is 16.4 Å². The number of amides is 1. The van der Waals surface area contributed by atoms with Crippen molar-refractivity contribution in [1.29, 1.82) is 5.26 Å². The number of aryl methyl sites for hydroxylation is 1. The van der Waals surface area contributed by atoms with Gasteiger partial charge in [-0.05, 0) is 66.2 Å². The van der Waals surface area contributed by atoms with Gasteiger partial charge in [-0.3, -0.25) is 4.79 Å². The summed E-state index contributed by atoms with van der Waals surface area (Å²) in [5.74, 6) is 0.532. The first-order chi connectivity index (χ1) is 15.1. The molecule has 1 heterocycles. The molecule has 1 fully saturated rings. The SMILES string of the molecule is Cc1cccc(N=C2NC(=O)/C(=C\c3ccc(OCc4ccccc4C#N)cc3)S2)c1. The Morgan fingerprint density at radius 2 is 1.90 bits per heavy atom. The second-order valence-electron chi connectivity index (χ2n) is 6.95. The van der Waals surface area contributed by atoms with Gasteiger partial charge in [0, 0.05) is 5.56 Å². The van der Waals surface area contributed by atoms with E-state index in [1.165, 1.54) is 11.8 Å². The molecule has 5 nitrogen and oxygen atoms in total. The Kier molecular flexibility index (Phi) is 6.16. The quantitative estimate of drug-likeness (QED) is 0.560. The van der Waals surface area contributed by atoms with Crippen LogP contribution in [-0.4, -0.2) is 11.1 Å². The van der Waals surface area contributed by atoms with Crippen molar-refractivity contribution in [2.45, 2.75) is 13.5 Å². The van der Waals surface area contributed by atoms with E-state index in [9.17, 15) is 4.79 Å². The van der Waals surface area contributed by atoms with Gasteiger partial charge >= 0.3 is 0 Å². The van der Waals surface area contributed by atoms with Crippen LogP contribution in [0, 0.1) is 18.3 Å². The maximum absolute atomic E-state index is 12.3. The lowest BCUT2D eigenvalue weighted by atomic mass is 10.1. The van der Waals surface area contributed by atoms with Crippen LogP contribution >= 0.6 is 11.8 Å². The highest BCUT2D eigenvalue weighted by Gasteiger charge is 2.23. The third kappa shape index (κ3) is 5.21. The molecule has 0 bridgehead atoms. The fourth-order valence-electron chi connectivity index (χ4n) is 3.02. The molecule has 1 amide bonds. The molecule has 1 aliphatic heterocycles. The molecular weight excluding hydrogens is 406 g/mol. The van der Waals surface area contributed by atoms with Crippen molar-refractivity contribution < 1.29 is 9.53 Å². The highest BCUT2D eigenvalue weighted by atomic mass is 32.2. The molecule has 0 atom stereocenters. The summed E-state index contributed by atoms with van der Waals surface area (Å²) in [6, 6.07) is 24.8. The lowest BCUT2D eigenvalue weighted by Crippen LogP contribution is -2.19. The van der Waals surface area contributed by atoms with Gasteiger partial charge in [0.2, 0.25) is 0 Å². The zero-order chi connectivity index (χ0) is 21.6. The zero-order valence-corrected chi connectivity index (χ0v) is 17.6. The van der Waals surface area contributed by atoms with Crippen molar-refractivity contribution in [3.63, 3.8) is 0 Å². The number of benzene rings is 3. The predicted molar refractivity (Wildman–Crippen MR) is 124 cm³/mol. The topological polar surface area (TPSA) is 74.5 Å². The summed E-state index contributed by atoms with van der Waals surface area (Å²) in [4.78, 5) is 17.4. The predicted octanol–water partition coefficient (Wildman–Crippen LogP) is 5.34. The molecule has 3 aromatic rings. The van der Waals surface area contributed by atoms with Gasteiger partial charge in [-0.25, -0.2) is 4.99 Å². The fourth-order valence-corrected chi connectivity index (χ4v) is 3.87. The van der Waals surface area contributed by atoms with Gasteiger partial charge in [-0.15, -0.1) is 0 Å². The van der Waals surface area contributed by atoms with Gasteiger partial charge in [-0.1, -0.05) is 42.5 Å². The largest absolute Gasteiger partial charge is 0.489 e. The number of hydrogen-bond acceptors (Lipinski definition) is 5. The summed E-state index contributed by atoms with van der Waals surface area (Å²) >= 11 is 1.32. The number of nitrogens with one attached hydrogen (secondary N) is 1. The van der Waals surface area contributed by atoms with Crippen LogP contribution in [0.15, 0.2) is 82.7 Å². The zero-order valence-electron chi connectivity index (χ0n) is 16.8. The highest BCUT2D eigenvalue weighted by molar-refractivity contribution is 8.18. The van der Waals surface area contributed by atoms with Crippen molar-refractivity contribution in [3.8, 4) is 11.8 Å². The van der Waals surface area contributed by atoms with Crippen LogP contribution in [0.2, 0.25) is 0 Å². The number of carbonyl (C=O) groups excluding carboxylic acids is 1. The summed E-state index contributed by atoms with van der Waals surface area (Å²) in [6.07, 6.45) is 1.83. The van der Waals surface area contributed by atoms with E-state index >= 15 is 0 Å². The van der Waals surface area contributed by atoms with Gasteiger partial charge in [0.1, 0.15) is 12.4 Å². The Balaban J connectivity index is 1.42. The normalized spacial score (nSPS) is 15.7. The van der Waals surface area contributed by atoms with Crippen molar-refractivity contribution in [2.24, 2.45) is 4.99 Å². The van der Waals surface area contributed by atoms with Gasteiger partial charge < -0.3 is 10.1 Å². The molecule has 1 N–H and O–H groups in total. The molecule has 0 unspecified atom stereocenters. The molecule has 1 saturated heterocycles. The number of carbonyl (C=O) groups is 1. The first-order valence-electron chi connectivity index (χ1n) is 9.68. The Hall–Kier alpha value is -3.82. The van der Waals surface area contributed by atoms with Gasteiger partial charge in [0.05, 0.1) is 22.2 Å². The summed E-state index contributed by atoms with van der Waals surface area (Å²) in [5.41, 5.74) is 4.26. The lowest BCUT2D eigenvalue weighted by Gasteiger charge is -2.07. The Bertz CT molecular complexity index is 1220. The molecule has 4 rings (SSSR count). The highest BCUT2D eigenvalue weighted by Crippen LogP contribution is 2.28. The first-order valence-corrected chi connectivity index (χ1v) is 10.5. The fraction of sp³-hybridized carbons (Fsp3) is 0.0800. The van der Waals surface area contributed by atoms with E-state index in [4.69, 9.17) is 10.00 Å². The Morgan fingerprint density at radius 3 is 2.68 bits per heavy atom. The van der Waals surface area contributed by atoms with Gasteiger partial charge in [-0.2, -0.15) is 5.26 Å².